The van der Waals surface area contributed by atoms with E-state index < -0.39 is 42.2 Å². The summed E-state index contributed by atoms with van der Waals surface area (Å²) >= 11 is 0. The van der Waals surface area contributed by atoms with Gasteiger partial charge in [0.1, 0.15) is 11.9 Å². The normalized spacial score (nSPS) is 14.6. The number of amides is 3. The van der Waals surface area contributed by atoms with Gasteiger partial charge in [-0.05, 0) is 47.5 Å². The lowest BCUT2D eigenvalue weighted by molar-refractivity contribution is -0.153. The molecule has 0 saturated carbocycles. The van der Waals surface area contributed by atoms with Crippen LogP contribution < -0.4 is 10.6 Å². The van der Waals surface area contributed by atoms with Crippen LogP contribution in [0.2, 0.25) is 0 Å². The van der Waals surface area contributed by atoms with E-state index in [1.54, 1.807) is 6.07 Å². The molecular weight excluding hydrogens is 469 g/mol. The van der Waals surface area contributed by atoms with E-state index in [2.05, 4.69) is 0 Å². The van der Waals surface area contributed by atoms with Gasteiger partial charge in [0.25, 0.3) is 11.8 Å². The molecule has 1 atom stereocenters. The number of esters is 1. The largest absolute Gasteiger partial charge is 0.459 e. The van der Waals surface area contributed by atoms with Gasteiger partial charge < -0.3 is 24.7 Å². The average molecular weight is 493 g/mol. The van der Waals surface area contributed by atoms with Gasteiger partial charge in [-0.1, -0.05) is 24.3 Å². The summed E-state index contributed by atoms with van der Waals surface area (Å²) < 4.78 is 23.9. The van der Waals surface area contributed by atoms with Crippen LogP contribution in [-0.2, 0) is 32.1 Å². The highest BCUT2D eigenvalue weighted by atomic mass is 19.1. The van der Waals surface area contributed by atoms with Gasteiger partial charge in [-0.15, -0.1) is 0 Å². The van der Waals surface area contributed by atoms with E-state index >= 15 is 0 Å². The Bertz CT molecular complexity index is 1260. The van der Waals surface area contributed by atoms with Gasteiger partial charge in [0.15, 0.2) is 12.4 Å². The molecule has 0 saturated heterocycles. The highest BCUT2D eigenvalue weighted by molar-refractivity contribution is 5.97. The minimum atomic E-state index is -0.977. The van der Waals surface area contributed by atoms with Crippen molar-refractivity contribution in [1.82, 2.24) is 4.90 Å². The minimum Gasteiger partial charge on any atom is -0.459 e. The summed E-state index contributed by atoms with van der Waals surface area (Å²) in [5, 5.41) is 0. The van der Waals surface area contributed by atoms with Crippen LogP contribution in [0.3, 0.4) is 0 Å². The number of ether oxygens (including phenoxy) is 1. The Hall–Kier alpha value is -4.47. The molecule has 0 spiro atoms. The molecule has 36 heavy (non-hydrogen) atoms. The van der Waals surface area contributed by atoms with E-state index in [0.29, 0.717) is 5.69 Å². The van der Waals surface area contributed by atoms with Crippen molar-refractivity contribution in [2.45, 2.75) is 25.4 Å². The van der Waals surface area contributed by atoms with Crippen LogP contribution in [0.5, 0.6) is 0 Å². The Morgan fingerprint density at radius 2 is 1.75 bits per heavy atom. The smallest absolute Gasteiger partial charge is 0.329 e. The standard InChI is InChI=1S/C26H24FN3O6/c27-19-7-9-20(10-8-19)29(12-11-23(28)31)24(32)16-36-26(34)21-14-17-4-1-2-5-18(17)15-30(21)25(33)22-6-3-13-35-22/h1-10,13,21H,11-12,14-16H2,(H2,28,31)/t21-/m0/s1. The molecule has 2 aromatic carbocycles. The molecule has 1 aliphatic heterocycles. The number of nitrogens with zero attached hydrogens (tertiary/aromatic N) is 2. The quantitative estimate of drug-likeness (QED) is 0.481. The zero-order chi connectivity index (χ0) is 25.7. The number of rotatable bonds is 8. The van der Waals surface area contributed by atoms with E-state index in [0.717, 1.165) is 11.1 Å². The second-order valence-corrected chi connectivity index (χ2v) is 8.24. The maximum atomic E-state index is 13.3. The van der Waals surface area contributed by atoms with Crippen molar-refractivity contribution in [2.24, 2.45) is 5.73 Å². The first kappa shape index (κ1) is 24.6. The Kier molecular flexibility index (Phi) is 7.43. The highest BCUT2D eigenvalue weighted by Crippen LogP contribution is 2.26. The molecule has 3 aromatic rings. The number of fused-ring (bicyclic) bond motifs is 1. The van der Waals surface area contributed by atoms with Crippen molar-refractivity contribution in [3.8, 4) is 0 Å². The van der Waals surface area contributed by atoms with Crippen LogP contribution in [0.1, 0.15) is 28.1 Å². The molecule has 0 unspecified atom stereocenters. The summed E-state index contributed by atoms with van der Waals surface area (Å²) in [4.78, 5) is 53.0. The highest BCUT2D eigenvalue weighted by Gasteiger charge is 2.37. The van der Waals surface area contributed by atoms with E-state index in [-0.39, 0.29) is 31.7 Å². The van der Waals surface area contributed by atoms with E-state index in [1.165, 1.54) is 46.4 Å². The monoisotopic (exact) mass is 493 g/mol. The molecule has 9 nitrogen and oxygen atoms in total. The molecule has 1 aliphatic rings. The lowest BCUT2D eigenvalue weighted by Crippen LogP contribution is -2.50. The number of primary amides is 1. The number of nitrogens with two attached hydrogens (primary N) is 1. The summed E-state index contributed by atoms with van der Waals surface area (Å²) in [6.07, 6.45) is 1.44. The number of halogens is 1. The fourth-order valence-electron chi connectivity index (χ4n) is 4.04. The predicted molar refractivity (Wildman–Crippen MR) is 126 cm³/mol. The molecule has 2 heterocycles. The van der Waals surface area contributed by atoms with Gasteiger partial charge in [-0.3, -0.25) is 14.4 Å². The van der Waals surface area contributed by atoms with Crippen LogP contribution in [0, 0.1) is 5.82 Å². The fourth-order valence-corrected chi connectivity index (χ4v) is 4.04. The van der Waals surface area contributed by atoms with Crippen molar-refractivity contribution in [3.05, 3.63) is 89.6 Å². The third kappa shape index (κ3) is 5.60. The first-order valence-corrected chi connectivity index (χ1v) is 11.3. The lowest BCUT2D eigenvalue weighted by atomic mass is 9.93. The molecule has 4 rings (SSSR count). The summed E-state index contributed by atoms with van der Waals surface area (Å²) in [6.45, 7) is -0.545. The molecule has 0 fully saturated rings. The van der Waals surface area contributed by atoms with Crippen molar-refractivity contribution in [2.75, 3.05) is 18.1 Å². The number of hydrogen-bond donors (Lipinski definition) is 1. The molecule has 1 aromatic heterocycles. The summed E-state index contributed by atoms with van der Waals surface area (Å²) in [5.74, 6) is -2.90. The maximum Gasteiger partial charge on any atom is 0.329 e. The molecule has 0 bridgehead atoms. The lowest BCUT2D eigenvalue weighted by Gasteiger charge is -2.35. The van der Waals surface area contributed by atoms with Gasteiger partial charge in [-0.25, -0.2) is 9.18 Å². The second-order valence-electron chi connectivity index (χ2n) is 8.24. The number of furan rings is 1. The zero-order valence-corrected chi connectivity index (χ0v) is 19.3. The van der Waals surface area contributed by atoms with Gasteiger partial charge in [0.2, 0.25) is 5.91 Å². The second kappa shape index (κ2) is 10.9. The number of benzene rings is 2. The summed E-state index contributed by atoms with van der Waals surface area (Å²) in [5.41, 5.74) is 7.32. The number of carbonyl (C=O) groups is 4. The molecule has 3 amide bonds. The van der Waals surface area contributed by atoms with Crippen LogP contribution in [0.25, 0.3) is 0 Å². The Morgan fingerprint density at radius 3 is 2.42 bits per heavy atom. The minimum absolute atomic E-state index is 0.0722. The summed E-state index contributed by atoms with van der Waals surface area (Å²) in [7, 11) is 0. The van der Waals surface area contributed by atoms with Crippen LogP contribution in [-0.4, -0.2) is 47.8 Å². The van der Waals surface area contributed by atoms with E-state index in [1.807, 2.05) is 24.3 Å². The SMILES string of the molecule is NC(=O)CCN(C(=O)COC(=O)[C@@H]1Cc2ccccc2CN1C(=O)c1ccco1)c1ccc(F)cc1. The number of carbonyl (C=O) groups excluding carboxylic acids is 4. The number of anilines is 1. The fraction of sp³-hybridized carbons (Fsp3) is 0.231. The molecule has 186 valence electrons. The third-order valence-electron chi connectivity index (χ3n) is 5.87. The molecule has 0 radical (unpaired) electrons. The van der Waals surface area contributed by atoms with Crippen molar-refractivity contribution >= 4 is 29.4 Å². The molecular formula is C26H24FN3O6. The Labute approximate surface area is 206 Å². The van der Waals surface area contributed by atoms with Gasteiger partial charge in [-0.2, -0.15) is 0 Å². The van der Waals surface area contributed by atoms with Gasteiger partial charge in [0, 0.05) is 31.6 Å². The average Bonchev–Trinajstić information content (AvgIpc) is 3.42. The van der Waals surface area contributed by atoms with E-state index in [9.17, 15) is 23.6 Å². The van der Waals surface area contributed by atoms with E-state index in [4.69, 9.17) is 14.9 Å². The topological polar surface area (TPSA) is 123 Å². The Balaban J connectivity index is 1.50. The van der Waals surface area contributed by atoms with Crippen molar-refractivity contribution < 1.29 is 32.7 Å². The zero-order valence-electron chi connectivity index (χ0n) is 19.3. The molecule has 2 N–H and O–H groups in total. The van der Waals surface area contributed by atoms with Crippen LogP contribution >= 0.6 is 0 Å². The summed E-state index contributed by atoms with van der Waals surface area (Å²) in [6, 6.07) is 14.6. The number of hydrogen-bond acceptors (Lipinski definition) is 6. The van der Waals surface area contributed by atoms with Gasteiger partial charge >= 0.3 is 5.97 Å². The predicted octanol–water partition coefficient (Wildman–Crippen LogP) is 2.44. The first-order valence-electron chi connectivity index (χ1n) is 11.3. The van der Waals surface area contributed by atoms with Crippen LogP contribution in [0.4, 0.5) is 10.1 Å². The first-order chi connectivity index (χ1) is 17.3. The van der Waals surface area contributed by atoms with Crippen LogP contribution in [0.15, 0.2) is 71.3 Å². The molecule has 10 heteroatoms. The maximum absolute atomic E-state index is 13.3. The van der Waals surface area contributed by atoms with Gasteiger partial charge in [0.05, 0.1) is 6.26 Å². The third-order valence-corrected chi connectivity index (χ3v) is 5.87. The Morgan fingerprint density at radius 1 is 1.03 bits per heavy atom. The van der Waals surface area contributed by atoms with Crippen molar-refractivity contribution in [3.63, 3.8) is 0 Å². The van der Waals surface area contributed by atoms with Crippen molar-refractivity contribution in [1.29, 1.82) is 0 Å². The molecule has 0 aliphatic carbocycles.